The van der Waals surface area contributed by atoms with Crippen LogP contribution in [-0.4, -0.2) is 4.98 Å². The summed E-state index contributed by atoms with van der Waals surface area (Å²) in [6, 6.07) is 9.76. The average molecular weight is 211 g/mol. The van der Waals surface area contributed by atoms with Gasteiger partial charge in [0, 0.05) is 5.56 Å². The molecule has 1 heterocycles. The van der Waals surface area contributed by atoms with Crippen molar-refractivity contribution in [3.8, 4) is 11.3 Å². The van der Waals surface area contributed by atoms with E-state index in [-0.39, 0.29) is 0 Å². The monoisotopic (exact) mass is 210 g/mol. The van der Waals surface area contributed by atoms with Crippen molar-refractivity contribution in [1.29, 1.82) is 0 Å². The summed E-state index contributed by atoms with van der Waals surface area (Å²) in [5, 5.41) is 0.504. The topological polar surface area (TPSA) is 38.9 Å². The number of benzene rings is 1. The summed E-state index contributed by atoms with van der Waals surface area (Å²) in [6.07, 6.45) is 0. The minimum atomic E-state index is 0.504. The third kappa shape index (κ3) is 1.66. The molecule has 0 aliphatic heterocycles. The second-order valence-electron chi connectivity index (χ2n) is 2.54. The first-order valence-corrected chi connectivity index (χ1v) is 4.94. The van der Waals surface area contributed by atoms with Crippen molar-refractivity contribution in [3.05, 3.63) is 34.7 Å². The highest BCUT2D eigenvalue weighted by Crippen LogP contribution is 2.33. The predicted octanol–water partition coefficient (Wildman–Crippen LogP) is 3.05. The van der Waals surface area contributed by atoms with Crippen molar-refractivity contribution >= 4 is 28.1 Å². The molecule has 4 heteroatoms. The number of thiazole rings is 1. The number of anilines is 1. The quantitative estimate of drug-likeness (QED) is 0.786. The molecule has 0 unspecified atom stereocenters. The third-order valence-corrected chi connectivity index (χ3v) is 2.73. The van der Waals surface area contributed by atoms with Crippen molar-refractivity contribution in [2.75, 3.05) is 5.73 Å². The molecule has 2 aromatic rings. The molecule has 66 valence electrons. The third-order valence-electron chi connectivity index (χ3n) is 1.65. The number of nitrogen functional groups attached to an aromatic ring is 1. The Bertz CT molecular complexity index is 411. The van der Waals surface area contributed by atoms with Crippen LogP contribution in [0, 0.1) is 0 Å². The molecule has 1 aromatic carbocycles. The lowest BCUT2D eigenvalue weighted by Crippen LogP contribution is -1.82. The van der Waals surface area contributed by atoms with E-state index in [9.17, 15) is 0 Å². The number of rotatable bonds is 1. The fraction of sp³-hybridized carbons (Fsp3) is 0. The Morgan fingerprint density at radius 3 is 2.46 bits per heavy atom. The minimum Gasteiger partial charge on any atom is -0.375 e. The molecular formula is C9H7ClN2S. The zero-order chi connectivity index (χ0) is 9.26. The van der Waals surface area contributed by atoms with Gasteiger partial charge in [-0.25, -0.2) is 4.98 Å². The zero-order valence-corrected chi connectivity index (χ0v) is 8.27. The van der Waals surface area contributed by atoms with E-state index in [1.165, 1.54) is 11.3 Å². The molecule has 0 bridgehead atoms. The van der Waals surface area contributed by atoms with E-state index in [1.54, 1.807) is 0 Å². The van der Waals surface area contributed by atoms with E-state index < -0.39 is 0 Å². The molecule has 0 radical (unpaired) electrons. The fourth-order valence-corrected chi connectivity index (χ4v) is 2.06. The molecule has 0 aliphatic carbocycles. The standard InChI is InChI=1S/C9H7ClN2S/c10-8-7(12-9(11)13-8)6-4-2-1-3-5-6/h1-5H,(H2,11,12). The summed E-state index contributed by atoms with van der Waals surface area (Å²) in [7, 11) is 0. The highest BCUT2D eigenvalue weighted by Gasteiger charge is 2.08. The maximum absolute atomic E-state index is 5.96. The van der Waals surface area contributed by atoms with Crippen molar-refractivity contribution in [2.45, 2.75) is 0 Å². The molecule has 0 fully saturated rings. The maximum atomic E-state index is 5.96. The van der Waals surface area contributed by atoms with Crippen LogP contribution in [-0.2, 0) is 0 Å². The minimum absolute atomic E-state index is 0.504. The Morgan fingerprint density at radius 2 is 1.92 bits per heavy atom. The van der Waals surface area contributed by atoms with E-state index in [4.69, 9.17) is 17.3 Å². The number of nitrogens with zero attached hydrogens (tertiary/aromatic N) is 1. The van der Waals surface area contributed by atoms with E-state index in [0.717, 1.165) is 11.3 Å². The Kier molecular flexibility index (Phi) is 2.20. The van der Waals surface area contributed by atoms with Gasteiger partial charge in [-0.05, 0) is 0 Å². The van der Waals surface area contributed by atoms with Crippen LogP contribution in [0.15, 0.2) is 30.3 Å². The number of halogens is 1. The van der Waals surface area contributed by atoms with Gasteiger partial charge >= 0.3 is 0 Å². The second-order valence-corrected chi connectivity index (χ2v) is 4.17. The molecule has 13 heavy (non-hydrogen) atoms. The van der Waals surface area contributed by atoms with Gasteiger partial charge in [0.05, 0.1) is 0 Å². The van der Waals surface area contributed by atoms with Crippen LogP contribution in [0.2, 0.25) is 4.34 Å². The van der Waals surface area contributed by atoms with Gasteiger partial charge in [0.25, 0.3) is 0 Å². The normalized spacial score (nSPS) is 10.2. The zero-order valence-electron chi connectivity index (χ0n) is 6.70. The molecule has 2 N–H and O–H groups in total. The van der Waals surface area contributed by atoms with Crippen molar-refractivity contribution < 1.29 is 0 Å². The summed E-state index contributed by atoms with van der Waals surface area (Å²) in [5.41, 5.74) is 7.31. The summed E-state index contributed by atoms with van der Waals surface area (Å²) >= 11 is 7.25. The summed E-state index contributed by atoms with van der Waals surface area (Å²) < 4.78 is 0.642. The molecule has 2 rings (SSSR count). The largest absolute Gasteiger partial charge is 0.375 e. The molecule has 2 nitrogen and oxygen atoms in total. The Morgan fingerprint density at radius 1 is 1.23 bits per heavy atom. The predicted molar refractivity (Wildman–Crippen MR) is 57.0 cm³/mol. The van der Waals surface area contributed by atoms with E-state index >= 15 is 0 Å². The van der Waals surface area contributed by atoms with Gasteiger partial charge in [-0.3, -0.25) is 0 Å². The molecule has 0 saturated carbocycles. The number of hydrogen-bond acceptors (Lipinski definition) is 3. The first-order chi connectivity index (χ1) is 6.27. The van der Waals surface area contributed by atoms with Crippen molar-refractivity contribution in [3.63, 3.8) is 0 Å². The Labute approximate surface area is 85.0 Å². The molecule has 0 aliphatic rings. The summed E-state index contributed by atoms with van der Waals surface area (Å²) in [6.45, 7) is 0. The lowest BCUT2D eigenvalue weighted by Gasteiger charge is -1.94. The number of hydrogen-bond donors (Lipinski definition) is 1. The summed E-state index contributed by atoms with van der Waals surface area (Å²) in [5.74, 6) is 0. The number of aromatic nitrogens is 1. The average Bonchev–Trinajstić information content (AvgIpc) is 2.47. The van der Waals surface area contributed by atoms with Crippen LogP contribution in [0.4, 0.5) is 5.13 Å². The van der Waals surface area contributed by atoms with Gasteiger partial charge in [0.1, 0.15) is 10.0 Å². The van der Waals surface area contributed by atoms with Crippen LogP contribution in [0.1, 0.15) is 0 Å². The van der Waals surface area contributed by atoms with E-state index in [1.807, 2.05) is 30.3 Å². The molecule has 0 saturated heterocycles. The van der Waals surface area contributed by atoms with Gasteiger partial charge in [-0.15, -0.1) is 0 Å². The second kappa shape index (κ2) is 3.36. The Balaban J connectivity index is 2.53. The fourth-order valence-electron chi connectivity index (χ4n) is 1.09. The molecular weight excluding hydrogens is 204 g/mol. The van der Waals surface area contributed by atoms with Crippen LogP contribution in [0.25, 0.3) is 11.3 Å². The van der Waals surface area contributed by atoms with E-state index in [0.29, 0.717) is 9.47 Å². The first kappa shape index (κ1) is 8.53. The molecule has 0 spiro atoms. The number of nitrogens with two attached hydrogens (primary N) is 1. The van der Waals surface area contributed by atoms with Crippen LogP contribution in [0.3, 0.4) is 0 Å². The molecule has 1 aromatic heterocycles. The smallest absolute Gasteiger partial charge is 0.182 e. The first-order valence-electron chi connectivity index (χ1n) is 3.74. The van der Waals surface area contributed by atoms with Crippen molar-refractivity contribution in [1.82, 2.24) is 4.98 Å². The summed E-state index contributed by atoms with van der Waals surface area (Å²) in [4.78, 5) is 4.14. The Hall–Kier alpha value is -1.06. The van der Waals surface area contributed by atoms with Gasteiger partial charge in [-0.1, -0.05) is 53.3 Å². The molecule has 0 atom stereocenters. The molecule has 0 amide bonds. The van der Waals surface area contributed by atoms with Gasteiger partial charge < -0.3 is 5.73 Å². The highest BCUT2D eigenvalue weighted by molar-refractivity contribution is 7.19. The van der Waals surface area contributed by atoms with Crippen LogP contribution >= 0.6 is 22.9 Å². The van der Waals surface area contributed by atoms with Crippen molar-refractivity contribution in [2.24, 2.45) is 0 Å². The van der Waals surface area contributed by atoms with Gasteiger partial charge in [0.15, 0.2) is 5.13 Å². The van der Waals surface area contributed by atoms with Crippen LogP contribution in [0.5, 0.6) is 0 Å². The van der Waals surface area contributed by atoms with Crippen LogP contribution < -0.4 is 5.73 Å². The SMILES string of the molecule is Nc1nc(-c2ccccc2)c(Cl)s1. The van der Waals surface area contributed by atoms with Gasteiger partial charge in [-0.2, -0.15) is 0 Å². The lowest BCUT2D eigenvalue weighted by molar-refractivity contribution is 1.41. The van der Waals surface area contributed by atoms with E-state index in [2.05, 4.69) is 4.98 Å². The highest BCUT2D eigenvalue weighted by atomic mass is 35.5. The maximum Gasteiger partial charge on any atom is 0.182 e. The lowest BCUT2D eigenvalue weighted by atomic mass is 10.2. The van der Waals surface area contributed by atoms with Gasteiger partial charge in [0.2, 0.25) is 0 Å².